The van der Waals surface area contributed by atoms with Gasteiger partial charge >= 0.3 is 0 Å². The van der Waals surface area contributed by atoms with E-state index >= 15 is 0 Å². The quantitative estimate of drug-likeness (QED) is 0.580. The molecule has 0 aromatic heterocycles. The molecule has 2 aliphatic rings. The number of hydrogen-bond donors (Lipinski definition) is 1. The number of likely N-dealkylation sites (tertiary alicyclic amines) is 1. The lowest BCUT2D eigenvalue weighted by Gasteiger charge is -2.49. The summed E-state index contributed by atoms with van der Waals surface area (Å²) >= 11 is 4.54. The van der Waals surface area contributed by atoms with E-state index in [9.17, 15) is 0 Å². The van der Waals surface area contributed by atoms with Gasteiger partial charge in [-0.1, -0.05) is 12.8 Å². The summed E-state index contributed by atoms with van der Waals surface area (Å²) in [6.45, 7) is 8.18. The highest BCUT2D eigenvalue weighted by molar-refractivity contribution is 7.77. The lowest BCUT2D eigenvalue weighted by Crippen LogP contribution is -2.63. The van der Waals surface area contributed by atoms with Crippen molar-refractivity contribution >= 4 is 12.8 Å². The smallest absolute Gasteiger partial charge is 0.0982 e. The molecule has 1 unspecified atom stereocenters. The normalized spacial score (nSPS) is 48.0. The molecule has 0 amide bonds. The van der Waals surface area contributed by atoms with Crippen LogP contribution in [0.5, 0.6) is 0 Å². The second-order valence-corrected chi connectivity index (χ2v) is 5.13. The maximum atomic E-state index is 5.90. The van der Waals surface area contributed by atoms with Crippen molar-refractivity contribution in [1.82, 2.24) is 9.21 Å². The number of nitrogens with zero attached hydrogens (tertiary/aromatic N) is 2. The van der Waals surface area contributed by atoms with Crippen LogP contribution in [0.15, 0.2) is 0 Å². The average molecular weight is 202 g/mol. The number of ether oxygens (including phenoxy) is 1. The highest BCUT2D eigenvalue weighted by Gasteiger charge is 2.56. The zero-order chi connectivity index (χ0) is 9.69. The first-order valence-corrected chi connectivity index (χ1v) is 5.17. The Morgan fingerprint density at radius 3 is 2.62 bits per heavy atom. The Balaban J connectivity index is 2.31. The van der Waals surface area contributed by atoms with Gasteiger partial charge in [0.1, 0.15) is 0 Å². The van der Waals surface area contributed by atoms with E-state index in [-0.39, 0.29) is 11.1 Å². The summed E-state index contributed by atoms with van der Waals surface area (Å²) in [4.78, 5) is 2.31. The fourth-order valence-electron chi connectivity index (χ4n) is 2.59. The van der Waals surface area contributed by atoms with E-state index in [1.165, 1.54) is 0 Å². The van der Waals surface area contributed by atoms with Crippen molar-refractivity contribution in [2.75, 3.05) is 33.3 Å². The van der Waals surface area contributed by atoms with Gasteiger partial charge in [0.2, 0.25) is 0 Å². The lowest BCUT2D eigenvalue weighted by atomic mass is 9.84. The van der Waals surface area contributed by atoms with E-state index < -0.39 is 0 Å². The minimum atomic E-state index is -0.0538. The summed E-state index contributed by atoms with van der Waals surface area (Å²) in [5, 5.41) is 0. The predicted octanol–water partition coefficient (Wildman–Crippen LogP) is 0.626. The lowest BCUT2D eigenvalue weighted by molar-refractivity contribution is -0.125. The summed E-state index contributed by atoms with van der Waals surface area (Å²) < 4.78 is 8.04. The molecule has 0 saturated carbocycles. The van der Waals surface area contributed by atoms with Crippen LogP contribution in [0.25, 0.3) is 0 Å². The molecule has 0 spiro atoms. The standard InChI is InChI=1S/C9H18N2OS/c1-8-6-10(3)7-9(8,2)12-5-4-11(8)13/h13H,4-7H2,1-3H3/t8-,9?/m0/s1. The number of rotatable bonds is 0. The van der Waals surface area contributed by atoms with Crippen molar-refractivity contribution in [3.63, 3.8) is 0 Å². The van der Waals surface area contributed by atoms with Gasteiger partial charge in [-0.3, -0.25) is 0 Å². The Kier molecular flexibility index (Phi) is 2.15. The topological polar surface area (TPSA) is 15.7 Å². The van der Waals surface area contributed by atoms with Crippen LogP contribution in [0.1, 0.15) is 13.8 Å². The number of hydrogen-bond acceptors (Lipinski definition) is 4. The Morgan fingerprint density at radius 2 is 2.00 bits per heavy atom. The molecule has 4 heteroatoms. The van der Waals surface area contributed by atoms with E-state index in [0.29, 0.717) is 0 Å². The van der Waals surface area contributed by atoms with Crippen LogP contribution in [0.4, 0.5) is 0 Å². The van der Waals surface area contributed by atoms with Gasteiger partial charge in [-0.2, -0.15) is 0 Å². The molecule has 0 radical (unpaired) electrons. The van der Waals surface area contributed by atoms with Crippen LogP contribution in [0.3, 0.4) is 0 Å². The minimum Gasteiger partial charge on any atom is -0.371 e. The summed E-state index contributed by atoms with van der Waals surface area (Å²) in [7, 11) is 2.14. The third kappa shape index (κ3) is 1.23. The minimum absolute atomic E-state index is 0.0538. The molecule has 13 heavy (non-hydrogen) atoms. The van der Waals surface area contributed by atoms with Gasteiger partial charge in [0, 0.05) is 19.6 Å². The van der Waals surface area contributed by atoms with E-state index in [1.807, 2.05) is 0 Å². The molecule has 0 bridgehead atoms. The van der Waals surface area contributed by atoms with Gasteiger partial charge in [-0.05, 0) is 20.9 Å². The number of fused-ring (bicyclic) bond motifs is 1. The van der Waals surface area contributed by atoms with Gasteiger partial charge in [0.15, 0.2) is 0 Å². The molecule has 2 aliphatic heterocycles. The van der Waals surface area contributed by atoms with Crippen molar-refractivity contribution < 1.29 is 4.74 Å². The van der Waals surface area contributed by atoms with Crippen molar-refractivity contribution in [3.05, 3.63) is 0 Å². The second-order valence-electron chi connectivity index (χ2n) is 4.65. The van der Waals surface area contributed by atoms with Crippen LogP contribution in [-0.4, -0.2) is 53.6 Å². The third-order valence-corrected chi connectivity index (χ3v) is 4.22. The van der Waals surface area contributed by atoms with Gasteiger partial charge in [0.05, 0.1) is 17.7 Å². The highest BCUT2D eigenvalue weighted by atomic mass is 32.1. The molecule has 76 valence electrons. The molecule has 0 aromatic carbocycles. The van der Waals surface area contributed by atoms with Gasteiger partial charge in [0.25, 0.3) is 0 Å². The van der Waals surface area contributed by atoms with E-state index in [2.05, 4.69) is 42.9 Å². The van der Waals surface area contributed by atoms with Crippen LogP contribution in [0, 0.1) is 0 Å². The zero-order valence-corrected chi connectivity index (χ0v) is 9.47. The third-order valence-electron chi connectivity index (χ3n) is 3.58. The fourth-order valence-corrected chi connectivity index (χ4v) is 2.95. The molecule has 2 atom stereocenters. The molecule has 2 saturated heterocycles. The molecular weight excluding hydrogens is 184 g/mol. The molecule has 0 aromatic rings. The number of morpholine rings is 1. The first-order valence-electron chi connectivity index (χ1n) is 4.77. The Labute approximate surface area is 85.6 Å². The SMILES string of the molecule is CN1CC2(C)OCCN(S)[C@@]2(C)C1. The fraction of sp³-hybridized carbons (Fsp3) is 1.00. The highest BCUT2D eigenvalue weighted by Crippen LogP contribution is 2.41. The number of thiol groups is 1. The molecule has 0 aliphatic carbocycles. The summed E-state index contributed by atoms with van der Waals surface area (Å²) in [5.41, 5.74) is 0.00482. The maximum absolute atomic E-state index is 5.90. The Bertz CT molecular complexity index is 226. The maximum Gasteiger partial charge on any atom is 0.0982 e. The summed E-state index contributed by atoms with van der Waals surface area (Å²) in [5.74, 6) is 0. The zero-order valence-electron chi connectivity index (χ0n) is 8.58. The summed E-state index contributed by atoms with van der Waals surface area (Å²) in [6, 6.07) is 0. The molecule has 2 fully saturated rings. The summed E-state index contributed by atoms with van der Waals surface area (Å²) in [6.07, 6.45) is 0. The molecular formula is C9H18N2OS. The van der Waals surface area contributed by atoms with Crippen LogP contribution >= 0.6 is 12.8 Å². The molecule has 2 rings (SSSR count). The molecule has 0 N–H and O–H groups in total. The first-order chi connectivity index (χ1) is 5.98. The van der Waals surface area contributed by atoms with Crippen molar-refractivity contribution in [2.45, 2.75) is 25.0 Å². The van der Waals surface area contributed by atoms with E-state index in [4.69, 9.17) is 4.74 Å². The predicted molar refractivity (Wildman–Crippen MR) is 56.0 cm³/mol. The van der Waals surface area contributed by atoms with Crippen LogP contribution < -0.4 is 0 Å². The average Bonchev–Trinajstić information content (AvgIpc) is 2.23. The van der Waals surface area contributed by atoms with Crippen LogP contribution in [0.2, 0.25) is 0 Å². The van der Waals surface area contributed by atoms with Gasteiger partial charge in [-0.25, -0.2) is 4.31 Å². The Morgan fingerprint density at radius 1 is 1.31 bits per heavy atom. The Hall–Kier alpha value is 0.230. The second kappa shape index (κ2) is 2.86. The van der Waals surface area contributed by atoms with Crippen molar-refractivity contribution in [3.8, 4) is 0 Å². The largest absolute Gasteiger partial charge is 0.371 e. The van der Waals surface area contributed by atoms with Crippen molar-refractivity contribution in [2.24, 2.45) is 0 Å². The van der Waals surface area contributed by atoms with Crippen molar-refractivity contribution in [1.29, 1.82) is 0 Å². The first kappa shape index (κ1) is 9.77. The molecule has 3 nitrogen and oxygen atoms in total. The van der Waals surface area contributed by atoms with Gasteiger partial charge < -0.3 is 9.64 Å². The van der Waals surface area contributed by atoms with E-state index in [1.54, 1.807) is 0 Å². The van der Waals surface area contributed by atoms with E-state index in [0.717, 1.165) is 26.2 Å². The van der Waals surface area contributed by atoms with Gasteiger partial charge in [-0.15, -0.1) is 0 Å². The number of likely N-dealkylation sites (N-methyl/N-ethyl adjacent to an activating group) is 1. The van der Waals surface area contributed by atoms with Crippen LogP contribution in [-0.2, 0) is 4.74 Å². The monoisotopic (exact) mass is 202 g/mol. The molecule has 2 heterocycles.